The standard InChI is InChI=1S/C10H16O4/c1-5-6-7(8(11)12)9(13)14-10(2,3)4/h5,7H,1,6H2,2-4H3,(H,11,12). The maximum atomic E-state index is 11.3. The molecule has 0 saturated heterocycles. The van der Waals surface area contributed by atoms with E-state index in [9.17, 15) is 9.59 Å². The number of rotatable bonds is 4. The minimum Gasteiger partial charge on any atom is -0.481 e. The summed E-state index contributed by atoms with van der Waals surface area (Å²) in [5, 5.41) is 8.72. The molecule has 0 aliphatic carbocycles. The van der Waals surface area contributed by atoms with Gasteiger partial charge < -0.3 is 9.84 Å². The van der Waals surface area contributed by atoms with Crippen molar-refractivity contribution in [1.82, 2.24) is 0 Å². The zero-order valence-electron chi connectivity index (χ0n) is 8.74. The van der Waals surface area contributed by atoms with Crippen molar-refractivity contribution < 1.29 is 19.4 Å². The van der Waals surface area contributed by atoms with Crippen molar-refractivity contribution in [3.63, 3.8) is 0 Å². The lowest BCUT2D eigenvalue weighted by Gasteiger charge is -2.21. The summed E-state index contributed by atoms with van der Waals surface area (Å²) in [4.78, 5) is 22.0. The Bertz CT molecular complexity index is 237. The quantitative estimate of drug-likeness (QED) is 0.425. The van der Waals surface area contributed by atoms with Crippen LogP contribution < -0.4 is 0 Å². The number of esters is 1. The van der Waals surface area contributed by atoms with Gasteiger partial charge in [0.05, 0.1) is 0 Å². The van der Waals surface area contributed by atoms with Crippen LogP contribution in [0.1, 0.15) is 27.2 Å². The van der Waals surface area contributed by atoms with Gasteiger partial charge in [0.15, 0.2) is 5.92 Å². The molecule has 0 fully saturated rings. The highest BCUT2D eigenvalue weighted by atomic mass is 16.6. The van der Waals surface area contributed by atoms with Crippen molar-refractivity contribution in [2.45, 2.75) is 32.8 Å². The van der Waals surface area contributed by atoms with Gasteiger partial charge in [-0.2, -0.15) is 0 Å². The molecule has 80 valence electrons. The zero-order valence-corrected chi connectivity index (χ0v) is 8.74. The Kier molecular flexibility index (Phi) is 4.34. The van der Waals surface area contributed by atoms with E-state index in [1.54, 1.807) is 20.8 Å². The van der Waals surface area contributed by atoms with Gasteiger partial charge in [-0.15, -0.1) is 6.58 Å². The SMILES string of the molecule is C=CCC(C(=O)O)C(=O)OC(C)(C)C. The Labute approximate surface area is 83.6 Å². The fraction of sp³-hybridized carbons (Fsp3) is 0.600. The number of ether oxygens (including phenoxy) is 1. The first kappa shape index (κ1) is 12.7. The molecule has 1 atom stereocenters. The van der Waals surface area contributed by atoms with Crippen molar-refractivity contribution in [2.75, 3.05) is 0 Å². The highest BCUT2D eigenvalue weighted by Crippen LogP contribution is 2.14. The molecule has 0 aromatic rings. The Morgan fingerprint density at radius 1 is 1.50 bits per heavy atom. The maximum Gasteiger partial charge on any atom is 0.321 e. The number of hydrogen-bond acceptors (Lipinski definition) is 3. The fourth-order valence-electron chi connectivity index (χ4n) is 0.837. The van der Waals surface area contributed by atoms with E-state index in [0.717, 1.165) is 0 Å². The number of aliphatic carboxylic acids is 1. The van der Waals surface area contributed by atoms with Crippen LogP contribution in [0.5, 0.6) is 0 Å². The van der Waals surface area contributed by atoms with E-state index < -0.39 is 23.5 Å². The molecule has 0 amide bonds. The van der Waals surface area contributed by atoms with Crippen LogP contribution in [0.2, 0.25) is 0 Å². The largest absolute Gasteiger partial charge is 0.481 e. The summed E-state index contributed by atoms with van der Waals surface area (Å²) in [5.41, 5.74) is -0.661. The number of carboxylic acids is 1. The number of hydrogen-bond donors (Lipinski definition) is 1. The molecule has 0 aromatic heterocycles. The summed E-state index contributed by atoms with van der Waals surface area (Å²) in [7, 11) is 0. The molecule has 0 bridgehead atoms. The maximum absolute atomic E-state index is 11.3. The van der Waals surface area contributed by atoms with E-state index in [1.807, 2.05) is 0 Å². The van der Waals surface area contributed by atoms with Crippen LogP contribution in [0.4, 0.5) is 0 Å². The third-order valence-corrected chi connectivity index (χ3v) is 1.39. The fourth-order valence-corrected chi connectivity index (χ4v) is 0.837. The molecule has 1 unspecified atom stereocenters. The lowest BCUT2D eigenvalue weighted by molar-refractivity contribution is -0.166. The molecule has 0 heterocycles. The first-order valence-electron chi connectivity index (χ1n) is 4.34. The zero-order chi connectivity index (χ0) is 11.4. The van der Waals surface area contributed by atoms with Crippen molar-refractivity contribution in [1.29, 1.82) is 0 Å². The Hall–Kier alpha value is -1.32. The van der Waals surface area contributed by atoms with Gasteiger partial charge in [0.25, 0.3) is 0 Å². The predicted octanol–water partition coefficient (Wildman–Crippen LogP) is 1.60. The molecule has 0 aliphatic heterocycles. The first-order chi connectivity index (χ1) is 6.28. The van der Waals surface area contributed by atoms with E-state index in [4.69, 9.17) is 9.84 Å². The summed E-state index contributed by atoms with van der Waals surface area (Å²) >= 11 is 0. The lowest BCUT2D eigenvalue weighted by atomic mass is 10.1. The number of carbonyl (C=O) groups is 2. The van der Waals surface area contributed by atoms with Crippen LogP contribution in [-0.4, -0.2) is 22.6 Å². The van der Waals surface area contributed by atoms with E-state index >= 15 is 0 Å². The molecular formula is C10H16O4. The molecule has 0 radical (unpaired) electrons. The van der Waals surface area contributed by atoms with E-state index in [1.165, 1.54) is 6.08 Å². The molecule has 0 aromatic carbocycles. The van der Waals surface area contributed by atoms with Gasteiger partial charge in [0.2, 0.25) is 0 Å². The van der Waals surface area contributed by atoms with Crippen LogP contribution in [-0.2, 0) is 14.3 Å². The molecule has 14 heavy (non-hydrogen) atoms. The average molecular weight is 200 g/mol. The smallest absolute Gasteiger partial charge is 0.321 e. The molecule has 0 rings (SSSR count). The number of allylic oxidation sites excluding steroid dienone is 1. The second-order valence-electron chi connectivity index (χ2n) is 3.95. The van der Waals surface area contributed by atoms with Gasteiger partial charge in [0.1, 0.15) is 5.60 Å². The van der Waals surface area contributed by atoms with E-state index in [2.05, 4.69) is 6.58 Å². The summed E-state index contributed by atoms with van der Waals surface area (Å²) in [6, 6.07) is 0. The third kappa shape index (κ3) is 4.64. The predicted molar refractivity (Wildman–Crippen MR) is 51.8 cm³/mol. The molecule has 0 saturated carbocycles. The molecule has 4 heteroatoms. The molecular weight excluding hydrogens is 184 g/mol. The summed E-state index contributed by atoms with van der Waals surface area (Å²) in [6.45, 7) is 8.47. The highest BCUT2D eigenvalue weighted by Gasteiger charge is 2.29. The Balaban J connectivity index is 4.45. The van der Waals surface area contributed by atoms with Crippen LogP contribution >= 0.6 is 0 Å². The summed E-state index contributed by atoms with van der Waals surface area (Å²) in [5.74, 6) is -3.05. The number of carboxylic acid groups (broad SMARTS) is 1. The van der Waals surface area contributed by atoms with Gasteiger partial charge in [0, 0.05) is 0 Å². The number of carbonyl (C=O) groups excluding carboxylic acids is 1. The molecule has 0 aliphatic rings. The van der Waals surface area contributed by atoms with Gasteiger partial charge in [-0.1, -0.05) is 6.08 Å². The first-order valence-corrected chi connectivity index (χ1v) is 4.34. The average Bonchev–Trinajstić information content (AvgIpc) is 1.95. The van der Waals surface area contributed by atoms with E-state index in [0.29, 0.717) is 0 Å². The van der Waals surface area contributed by atoms with Crippen molar-refractivity contribution in [3.05, 3.63) is 12.7 Å². The highest BCUT2D eigenvalue weighted by molar-refractivity contribution is 5.94. The van der Waals surface area contributed by atoms with Crippen molar-refractivity contribution in [3.8, 4) is 0 Å². The van der Waals surface area contributed by atoms with Crippen LogP contribution in [0.15, 0.2) is 12.7 Å². The van der Waals surface area contributed by atoms with Crippen LogP contribution in [0.25, 0.3) is 0 Å². The molecule has 1 N–H and O–H groups in total. The van der Waals surface area contributed by atoms with Gasteiger partial charge in [-0.25, -0.2) is 0 Å². The van der Waals surface area contributed by atoms with Gasteiger partial charge >= 0.3 is 11.9 Å². The second kappa shape index (κ2) is 4.79. The molecule has 4 nitrogen and oxygen atoms in total. The normalized spacial score (nSPS) is 13.1. The lowest BCUT2D eigenvalue weighted by Crippen LogP contribution is -2.32. The molecule has 0 spiro atoms. The van der Waals surface area contributed by atoms with Gasteiger partial charge in [-0.05, 0) is 27.2 Å². The van der Waals surface area contributed by atoms with Crippen molar-refractivity contribution in [2.24, 2.45) is 5.92 Å². The van der Waals surface area contributed by atoms with Crippen molar-refractivity contribution >= 4 is 11.9 Å². The second-order valence-corrected chi connectivity index (χ2v) is 3.95. The van der Waals surface area contributed by atoms with Crippen LogP contribution in [0, 0.1) is 5.92 Å². The van der Waals surface area contributed by atoms with E-state index in [-0.39, 0.29) is 6.42 Å². The minimum absolute atomic E-state index is 0.0875. The third-order valence-electron chi connectivity index (χ3n) is 1.39. The summed E-state index contributed by atoms with van der Waals surface area (Å²) < 4.78 is 4.95. The van der Waals surface area contributed by atoms with Crippen LogP contribution in [0.3, 0.4) is 0 Å². The minimum atomic E-state index is -1.18. The Morgan fingerprint density at radius 2 is 2.00 bits per heavy atom. The monoisotopic (exact) mass is 200 g/mol. The topological polar surface area (TPSA) is 63.6 Å². The summed E-state index contributed by atoms with van der Waals surface area (Å²) in [6.07, 6.45) is 1.48. The Morgan fingerprint density at radius 3 is 2.29 bits per heavy atom. The van der Waals surface area contributed by atoms with Gasteiger partial charge in [-0.3, -0.25) is 9.59 Å².